The summed E-state index contributed by atoms with van der Waals surface area (Å²) >= 11 is 0. The largest absolute Gasteiger partial charge is 0.415 e. The lowest BCUT2D eigenvalue weighted by atomic mass is 10.5. The van der Waals surface area contributed by atoms with Gasteiger partial charge in [0.2, 0.25) is 0 Å². The number of hydrogen-bond acceptors (Lipinski definition) is 4. The molecule has 0 aromatic carbocycles. The van der Waals surface area contributed by atoms with Crippen molar-refractivity contribution in [2.24, 2.45) is 0 Å². The van der Waals surface area contributed by atoms with E-state index in [1.54, 1.807) is 0 Å². The average Bonchev–Trinajstić information content (AvgIpc) is 2.27. The lowest BCUT2D eigenvalue weighted by Crippen LogP contribution is -2.38. The topological polar surface area (TPSA) is 36.9 Å². The Balaban J connectivity index is 3.60. The minimum absolute atomic E-state index is 0.686. The average molecular weight is 309 g/mol. The molecule has 0 saturated heterocycles. The summed E-state index contributed by atoms with van der Waals surface area (Å²) in [5.74, 6) is 0. The van der Waals surface area contributed by atoms with E-state index in [0.29, 0.717) is 13.2 Å². The van der Waals surface area contributed by atoms with E-state index in [2.05, 4.69) is 26.2 Å². The van der Waals surface area contributed by atoms with Crippen LogP contribution in [-0.4, -0.2) is 49.9 Å². The summed E-state index contributed by atoms with van der Waals surface area (Å²) in [7, 11) is -3.34. The summed E-state index contributed by atoms with van der Waals surface area (Å²) in [6, 6.07) is 0.990. The van der Waals surface area contributed by atoms with E-state index in [0.717, 1.165) is 32.3 Å². The molecular weight excluding hydrogens is 276 g/mol. The van der Waals surface area contributed by atoms with Gasteiger partial charge in [0.15, 0.2) is 8.32 Å². The fraction of sp³-hybridized carbons (Fsp3) is 1.00. The van der Waals surface area contributed by atoms with Crippen molar-refractivity contribution in [1.82, 2.24) is 0 Å². The van der Waals surface area contributed by atoms with Gasteiger partial charge in [-0.25, -0.2) is 0 Å². The highest BCUT2D eigenvalue weighted by Gasteiger charge is 2.29. The molecule has 0 atom stereocenters. The van der Waals surface area contributed by atoms with E-state index in [-0.39, 0.29) is 0 Å². The summed E-state index contributed by atoms with van der Waals surface area (Å²) in [6.45, 7) is 16.4. The van der Waals surface area contributed by atoms with Gasteiger partial charge in [-0.3, -0.25) is 0 Å². The summed E-state index contributed by atoms with van der Waals surface area (Å²) in [5.41, 5.74) is 0. The Kier molecular flexibility index (Phi) is 10.2. The SMILES string of the molecule is CCO[Si](C)(CCCOCCO[Si](C)(C)C)OCC. The summed E-state index contributed by atoms with van der Waals surface area (Å²) in [5, 5.41) is 0. The molecule has 0 aromatic rings. The highest BCUT2D eigenvalue weighted by atomic mass is 28.4. The second-order valence-electron chi connectivity index (χ2n) is 5.68. The van der Waals surface area contributed by atoms with Crippen LogP contribution in [0.1, 0.15) is 20.3 Å². The minimum Gasteiger partial charge on any atom is -0.415 e. The molecule has 0 aliphatic heterocycles. The summed E-state index contributed by atoms with van der Waals surface area (Å²) < 4.78 is 22.9. The molecule has 0 heterocycles. The molecule has 0 unspecified atom stereocenters. The number of ether oxygens (including phenoxy) is 1. The molecule has 0 saturated carbocycles. The molecule has 0 N–H and O–H groups in total. The van der Waals surface area contributed by atoms with Crippen molar-refractivity contribution in [3.63, 3.8) is 0 Å². The van der Waals surface area contributed by atoms with Crippen LogP contribution in [0.15, 0.2) is 0 Å². The molecular formula is C13H32O4Si2. The standard InChI is InChI=1S/C13H32O4Si2/c1-7-15-19(6,16-8-2)13-9-10-14-11-12-17-18(3,4)5/h7-13H2,1-6H3. The van der Waals surface area contributed by atoms with E-state index in [1.165, 1.54) is 0 Å². The number of hydrogen-bond donors (Lipinski definition) is 0. The zero-order valence-electron chi connectivity index (χ0n) is 13.6. The maximum Gasteiger partial charge on any atom is 0.334 e. The maximum absolute atomic E-state index is 5.78. The first-order chi connectivity index (χ1) is 8.83. The summed E-state index contributed by atoms with van der Waals surface area (Å²) in [4.78, 5) is 0. The van der Waals surface area contributed by atoms with Gasteiger partial charge < -0.3 is 18.0 Å². The van der Waals surface area contributed by atoms with Gasteiger partial charge >= 0.3 is 8.56 Å². The molecule has 0 amide bonds. The van der Waals surface area contributed by atoms with Gasteiger partial charge in [0.05, 0.1) is 13.2 Å². The summed E-state index contributed by atoms with van der Waals surface area (Å²) in [6.07, 6.45) is 0.996. The highest BCUT2D eigenvalue weighted by Crippen LogP contribution is 2.15. The van der Waals surface area contributed by atoms with Gasteiger partial charge in [-0.1, -0.05) is 0 Å². The molecule has 116 valence electrons. The molecule has 19 heavy (non-hydrogen) atoms. The van der Waals surface area contributed by atoms with Crippen molar-refractivity contribution < 1.29 is 18.0 Å². The van der Waals surface area contributed by atoms with E-state index in [9.17, 15) is 0 Å². The predicted octanol–water partition coefficient (Wildman–Crippen LogP) is 3.39. The van der Waals surface area contributed by atoms with Crippen LogP contribution < -0.4 is 0 Å². The van der Waals surface area contributed by atoms with Crippen molar-refractivity contribution in [2.45, 2.75) is 52.5 Å². The monoisotopic (exact) mass is 308 g/mol. The van der Waals surface area contributed by atoms with Crippen molar-refractivity contribution in [1.29, 1.82) is 0 Å². The van der Waals surface area contributed by atoms with Crippen LogP contribution in [-0.2, 0) is 18.0 Å². The van der Waals surface area contributed by atoms with Crippen LogP contribution in [0.3, 0.4) is 0 Å². The molecule has 0 rings (SSSR count). The van der Waals surface area contributed by atoms with Crippen LogP contribution in [0, 0.1) is 0 Å². The lowest BCUT2D eigenvalue weighted by Gasteiger charge is -2.25. The second-order valence-corrected chi connectivity index (χ2v) is 13.5. The Morgan fingerprint density at radius 1 is 0.737 bits per heavy atom. The molecule has 0 aliphatic rings. The van der Waals surface area contributed by atoms with Crippen molar-refractivity contribution in [2.75, 3.05) is 33.0 Å². The van der Waals surface area contributed by atoms with Crippen molar-refractivity contribution in [3.05, 3.63) is 0 Å². The van der Waals surface area contributed by atoms with Gasteiger partial charge in [-0.15, -0.1) is 0 Å². The smallest absolute Gasteiger partial charge is 0.334 e. The minimum atomic E-state index is -1.95. The first-order valence-corrected chi connectivity index (χ1v) is 13.3. The molecule has 4 nitrogen and oxygen atoms in total. The van der Waals surface area contributed by atoms with Crippen LogP contribution in [0.25, 0.3) is 0 Å². The van der Waals surface area contributed by atoms with Gasteiger partial charge in [0.25, 0.3) is 0 Å². The third kappa shape index (κ3) is 11.8. The Hall–Kier alpha value is 0.274. The molecule has 0 aromatic heterocycles. The Bertz CT molecular complexity index is 213. The van der Waals surface area contributed by atoms with E-state index >= 15 is 0 Å². The second kappa shape index (κ2) is 10.1. The molecule has 0 bridgehead atoms. The lowest BCUT2D eigenvalue weighted by molar-refractivity contribution is 0.0958. The Morgan fingerprint density at radius 2 is 1.32 bits per heavy atom. The van der Waals surface area contributed by atoms with Crippen LogP contribution in [0.5, 0.6) is 0 Å². The van der Waals surface area contributed by atoms with E-state index < -0.39 is 16.9 Å². The Morgan fingerprint density at radius 3 is 1.79 bits per heavy atom. The van der Waals surface area contributed by atoms with Crippen LogP contribution in [0.2, 0.25) is 32.2 Å². The molecule has 0 aliphatic carbocycles. The molecule has 6 heteroatoms. The molecule has 0 fully saturated rings. The predicted molar refractivity (Wildman–Crippen MR) is 84.4 cm³/mol. The highest BCUT2D eigenvalue weighted by molar-refractivity contribution is 6.69. The first-order valence-electron chi connectivity index (χ1n) is 7.32. The van der Waals surface area contributed by atoms with Gasteiger partial charge in [0, 0.05) is 19.8 Å². The van der Waals surface area contributed by atoms with Crippen LogP contribution >= 0.6 is 0 Å². The first kappa shape index (κ1) is 19.3. The molecule has 0 spiro atoms. The van der Waals surface area contributed by atoms with Gasteiger partial charge in [0.1, 0.15) is 0 Å². The third-order valence-corrected chi connectivity index (χ3v) is 6.71. The fourth-order valence-electron chi connectivity index (χ4n) is 1.80. The Labute approximate surface area is 121 Å². The normalized spacial score (nSPS) is 12.9. The quantitative estimate of drug-likeness (QED) is 0.409. The zero-order valence-corrected chi connectivity index (χ0v) is 15.6. The third-order valence-electron chi connectivity index (χ3n) is 2.58. The van der Waals surface area contributed by atoms with Crippen molar-refractivity contribution in [3.8, 4) is 0 Å². The van der Waals surface area contributed by atoms with Gasteiger partial charge in [-0.05, 0) is 52.5 Å². The zero-order chi connectivity index (χ0) is 14.8. The molecule has 0 radical (unpaired) electrons. The van der Waals surface area contributed by atoms with Crippen LogP contribution in [0.4, 0.5) is 0 Å². The number of rotatable bonds is 12. The maximum atomic E-state index is 5.78. The fourth-order valence-corrected chi connectivity index (χ4v) is 4.88. The van der Waals surface area contributed by atoms with E-state index in [1.807, 2.05) is 13.8 Å². The van der Waals surface area contributed by atoms with Gasteiger partial charge in [-0.2, -0.15) is 0 Å². The van der Waals surface area contributed by atoms with E-state index in [4.69, 9.17) is 18.0 Å². The van der Waals surface area contributed by atoms with Crippen molar-refractivity contribution >= 4 is 16.9 Å².